The molecule has 0 amide bonds. The number of hydrogen-bond donors (Lipinski definition) is 0. The third-order valence-electron chi connectivity index (χ3n) is 4.77. The first kappa shape index (κ1) is 13.7. The maximum absolute atomic E-state index is 9.54. The summed E-state index contributed by atoms with van der Waals surface area (Å²) in [4.78, 5) is 0. The summed E-state index contributed by atoms with van der Waals surface area (Å²) in [5.41, 5.74) is 2.02. The maximum atomic E-state index is 9.54. The highest BCUT2D eigenvalue weighted by molar-refractivity contribution is 6.62. The molecule has 1 aliphatic carbocycles. The zero-order chi connectivity index (χ0) is 14.5. The van der Waals surface area contributed by atoms with Gasteiger partial charge in [0, 0.05) is 5.46 Å². The van der Waals surface area contributed by atoms with E-state index in [4.69, 9.17) is 9.31 Å². The lowest BCUT2D eigenvalue weighted by molar-refractivity contribution is 0.00578. The molecule has 0 bridgehead atoms. The van der Waals surface area contributed by atoms with Crippen molar-refractivity contribution in [1.82, 2.24) is 0 Å². The molecule has 2 aliphatic rings. The van der Waals surface area contributed by atoms with Crippen molar-refractivity contribution in [3.63, 3.8) is 0 Å². The van der Waals surface area contributed by atoms with Gasteiger partial charge in [0.25, 0.3) is 0 Å². The van der Waals surface area contributed by atoms with Crippen molar-refractivity contribution in [1.29, 1.82) is 5.26 Å². The number of benzene rings is 1. The Morgan fingerprint density at radius 2 is 1.75 bits per heavy atom. The summed E-state index contributed by atoms with van der Waals surface area (Å²) in [7, 11) is -0.451. The van der Waals surface area contributed by atoms with Gasteiger partial charge in [0.15, 0.2) is 0 Å². The number of rotatable bonds is 2. The Bertz CT molecular complexity index is 569. The SMILES string of the molecule is CC1(C)OB(c2cccc(C3CC3)c2C#N)OC1(C)C. The van der Waals surface area contributed by atoms with Crippen LogP contribution in [0.15, 0.2) is 18.2 Å². The van der Waals surface area contributed by atoms with E-state index in [1.807, 2.05) is 39.8 Å². The normalized spacial score (nSPS) is 23.6. The fraction of sp³-hybridized carbons (Fsp3) is 0.562. The molecule has 1 saturated carbocycles. The van der Waals surface area contributed by atoms with Crippen LogP contribution in [0.2, 0.25) is 0 Å². The van der Waals surface area contributed by atoms with E-state index in [2.05, 4.69) is 12.1 Å². The molecule has 0 aromatic heterocycles. The summed E-state index contributed by atoms with van der Waals surface area (Å²) < 4.78 is 12.1. The van der Waals surface area contributed by atoms with Crippen LogP contribution in [0.25, 0.3) is 0 Å². The van der Waals surface area contributed by atoms with Crippen LogP contribution in [0.1, 0.15) is 57.6 Å². The third kappa shape index (κ3) is 2.06. The molecule has 0 atom stereocenters. The molecule has 0 spiro atoms. The van der Waals surface area contributed by atoms with Crippen LogP contribution >= 0.6 is 0 Å². The van der Waals surface area contributed by atoms with Gasteiger partial charge in [-0.25, -0.2) is 0 Å². The standard InChI is InChI=1S/C16H20BNO2/c1-15(2)16(3,4)20-17(19-15)14-7-5-6-12(11-8-9-11)13(14)10-18/h5-7,11H,8-9H2,1-4H3. The van der Waals surface area contributed by atoms with E-state index in [9.17, 15) is 5.26 Å². The topological polar surface area (TPSA) is 42.2 Å². The Morgan fingerprint density at radius 3 is 2.25 bits per heavy atom. The Hall–Kier alpha value is -1.31. The predicted molar refractivity (Wildman–Crippen MR) is 78.8 cm³/mol. The highest BCUT2D eigenvalue weighted by Gasteiger charge is 2.52. The van der Waals surface area contributed by atoms with E-state index in [1.54, 1.807) is 0 Å². The fourth-order valence-corrected chi connectivity index (χ4v) is 2.62. The maximum Gasteiger partial charge on any atom is 0.496 e. The van der Waals surface area contributed by atoms with E-state index >= 15 is 0 Å². The van der Waals surface area contributed by atoms with Gasteiger partial charge >= 0.3 is 7.12 Å². The average molecular weight is 269 g/mol. The molecule has 0 radical (unpaired) electrons. The molecule has 0 N–H and O–H groups in total. The van der Waals surface area contributed by atoms with E-state index in [1.165, 1.54) is 12.8 Å². The monoisotopic (exact) mass is 269 g/mol. The van der Waals surface area contributed by atoms with Crippen LogP contribution in [0, 0.1) is 11.3 Å². The van der Waals surface area contributed by atoms with Gasteiger partial charge in [-0.15, -0.1) is 0 Å². The Labute approximate surface area is 121 Å². The molecule has 4 heteroatoms. The molecule has 1 aromatic carbocycles. The molecule has 3 nitrogen and oxygen atoms in total. The molecule has 0 unspecified atom stereocenters. The van der Waals surface area contributed by atoms with Crippen molar-refractivity contribution in [2.45, 2.75) is 57.7 Å². The number of nitrogens with zero attached hydrogens (tertiary/aromatic N) is 1. The quantitative estimate of drug-likeness (QED) is 0.775. The molecule has 1 aromatic rings. The Balaban J connectivity index is 2.00. The van der Waals surface area contributed by atoms with Crippen LogP contribution in [-0.2, 0) is 9.31 Å². The molecule has 20 heavy (non-hydrogen) atoms. The molecular formula is C16H20BNO2. The summed E-state index contributed by atoms with van der Waals surface area (Å²) in [5.74, 6) is 0.548. The Morgan fingerprint density at radius 1 is 1.15 bits per heavy atom. The second-order valence-electron chi connectivity index (χ2n) is 6.79. The van der Waals surface area contributed by atoms with Crippen molar-refractivity contribution < 1.29 is 9.31 Å². The van der Waals surface area contributed by atoms with E-state index in [0.717, 1.165) is 16.6 Å². The summed E-state index contributed by atoms with van der Waals surface area (Å²) in [6.45, 7) is 8.13. The van der Waals surface area contributed by atoms with Crippen molar-refractivity contribution in [3.8, 4) is 6.07 Å². The summed E-state index contributed by atoms with van der Waals surface area (Å²) in [6, 6.07) is 8.38. The first-order valence-electron chi connectivity index (χ1n) is 7.24. The second-order valence-corrected chi connectivity index (χ2v) is 6.79. The summed E-state index contributed by atoms with van der Waals surface area (Å²) in [5, 5.41) is 9.54. The molecule has 2 fully saturated rings. The van der Waals surface area contributed by atoms with Crippen molar-refractivity contribution >= 4 is 12.6 Å². The van der Waals surface area contributed by atoms with Gasteiger partial charge in [0.05, 0.1) is 22.8 Å². The third-order valence-corrected chi connectivity index (χ3v) is 4.77. The minimum absolute atomic E-state index is 0.375. The van der Waals surface area contributed by atoms with Crippen molar-refractivity contribution in [2.75, 3.05) is 0 Å². The van der Waals surface area contributed by atoms with E-state index < -0.39 is 7.12 Å². The highest BCUT2D eigenvalue weighted by Crippen LogP contribution is 2.42. The highest BCUT2D eigenvalue weighted by atomic mass is 16.7. The molecular weight excluding hydrogens is 249 g/mol. The minimum atomic E-state index is -0.451. The van der Waals surface area contributed by atoms with Gasteiger partial charge in [-0.3, -0.25) is 0 Å². The summed E-state index contributed by atoms with van der Waals surface area (Å²) >= 11 is 0. The van der Waals surface area contributed by atoms with Gasteiger partial charge in [-0.2, -0.15) is 5.26 Å². The van der Waals surface area contributed by atoms with Gasteiger partial charge in [0.1, 0.15) is 0 Å². The van der Waals surface area contributed by atoms with Crippen LogP contribution in [0.5, 0.6) is 0 Å². The zero-order valence-electron chi connectivity index (χ0n) is 12.6. The molecule has 104 valence electrons. The first-order valence-corrected chi connectivity index (χ1v) is 7.24. The van der Waals surface area contributed by atoms with E-state index in [-0.39, 0.29) is 11.2 Å². The lowest BCUT2D eigenvalue weighted by atomic mass is 9.74. The lowest BCUT2D eigenvalue weighted by Crippen LogP contribution is -2.41. The van der Waals surface area contributed by atoms with Gasteiger partial charge < -0.3 is 9.31 Å². The average Bonchev–Trinajstić information content (AvgIpc) is 3.17. The number of nitriles is 1. The second kappa shape index (κ2) is 4.34. The minimum Gasteiger partial charge on any atom is -0.399 e. The Kier molecular flexibility index (Phi) is 2.97. The van der Waals surface area contributed by atoms with Crippen molar-refractivity contribution in [3.05, 3.63) is 29.3 Å². The molecule has 3 rings (SSSR count). The molecule has 1 heterocycles. The van der Waals surface area contributed by atoms with Crippen LogP contribution in [0.4, 0.5) is 0 Å². The van der Waals surface area contributed by atoms with Crippen LogP contribution < -0.4 is 5.46 Å². The fourth-order valence-electron chi connectivity index (χ4n) is 2.62. The molecule has 1 aliphatic heterocycles. The van der Waals surface area contributed by atoms with Crippen molar-refractivity contribution in [2.24, 2.45) is 0 Å². The predicted octanol–water partition coefficient (Wildman–Crippen LogP) is 2.73. The molecule has 1 saturated heterocycles. The lowest BCUT2D eigenvalue weighted by Gasteiger charge is -2.32. The zero-order valence-corrected chi connectivity index (χ0v) is 12.6. The van der Waals surface area contributed by atoms with E-state index in [0.29, 0.717) is 5.92 Å². The smallest absolute Gasteiger partial charge is 0.399 e. The van der Waals surface area contributed by atoms with Crippen LogP contribution in [-0.4, -0.2) is 18.3 Å². The van der Waals surface area contributed by atoms with Gasteiger partial charge in [-0.05, 0) is 52.0 Å². The van der Waals surface area contributed by atoms with Crippen LogP contribution in [0.3, 0.4) is 0 Å². The first-order chi connectivity index (χ1) is 9.36. The largest absolute Gasteiger partial charge is 0.496 e. The number of hydrogen-bond acceptors (Lipinski definition) is 3. The van der Waals surface area contributed by atoms with Gasteiger partial charge in [0.2, 0.25) is 0 Å². The van der Waals surface area contributed by atoms with Gasteiger partial charge in [-0.1, -0.05) is 18.2 Å². The summed E-state index contributed by atoms with van der Waals surface area (Å²) in [6.07, 6.45) is 2.36.